The predicted molar refractivity (Wildman–Crippen MR) is 120 cm³/mol. The van der Waals surface area contributed by atoms with Gasteiger partial charge in [-0.3, -0.25) is 0 Å². The number of nitrogens with zero attached hydrogens (tertiary/aromatic N) is 2. The maximum atomic E-state index is 13.2. The highest BCUT2D eigenvalue weighted by Crippen LogP contribution is 2.54. The molecular formula is C26H33FN2. The fraction of sp³-hybridized carbons (Fsp3) is 0.538. The Labute approximate surface area is 174 Å². The lowest BCUT2D eigenvalue weighted by Gasteiger charge is -2.40. The van der Waals surface area contributed by atoms with E-state index in [1.54, 1.807) is 23.4 Å². The van der Waals surface area contributed by atoms with Crippen LogP contribution < -0.4 is 9.80 Å². The molecule has 3 heteroatoms. The molecule has 2 aromatic rings. The number of anilines is 2. The van der Waals surface area contributed by atoms with Gasteiger partial charge in [0.25, 0.3) is 0 Å². The number of rotatable bonds is 5. The van der Waals surface area contributed by atoms with E-state index >= 15 is 0 Å². The molecule has 2 nitrogen and oxygen atoms in total. The number of hydrogen-bond acceptors (Lipinski definition) is 2. The van der Waals surface area contributed by atoms with Crippen LogP contribution in [-0.2, 0) is 0 Å². The van der Waals surface area contributed by atoms with Crippen LogP contribution >= 0.6 is 0 Å². The van der Waals surface area contributed by atoms with Gasteiger partial charge in [0, 0.05) is 32.1 Å². The van der Waals surface area contributed by atoms with Gasteiger partial charge in [0.15, 0.2) is 0 Å². The van der Waals surface area contributed by atoms with Gasteiger partial charge >= 0.3 is 0 Å². The summed E-state index contributed by atoms with van der Waals surface area (Å²) in [5.74, 6) is 1.96. The molecule has 1 aliphatic carbocycles. The van der Waals surface area contributed by atoms with Crippen molar-refractivity contribution in [3.63, 3.8) is 0 Å². The molecule has 0 amide bonds. The van der Waals surface area contributed by atoms with Gasteiger partial charge in [-0.05, 0) is 66.8 Å². The van der Waals surface area contributed by atoms with Crippen molar-refractivity contribution in [1.29, 1.82) is 0 Å². The fourth-order valence-electron chi connectivity index (χ4n) is 6.17. The highest BCUT2D eigenvalue weighted by atomic mass is 19.1. The van der Waals surface area contributed by atoms with Crippen molar-refractivity contribution in [2.75, 3.05) is 29.9 Å². The summed E-state index contributed by atoms with van der Waals surface area (Å²) in [7, 11) is 2.24. The molecule has 2 unspecified atom stereocenters. The van der Waals surface area contributed by atoms with Crippen LogP contribution in [0.1, 0.15) is 68.4 Å². The van der Waals surface area contributed by atoms with Crippen molar-refractivity contribution < 1.29 is 4.39 Å². The first-order valence-electron chi connectivity index (χ1n) is 11.5. The van der Waals surface area contributed by atoms with Crippen molar-refractivity contribution in [1.82, 2.24) is 0 Å². The zero-order valence-electron chi connectivity index (χ0n) is 17.8. The monoisotopic (exact) mass is 392 g/mol. The smallest absolute Gasteiger partial charge is 0.123 e. The van der Waals surface area contributed by atoms with Crippen LogP contribution in [0.3, 0.4) is 0 Å². The minimum absolute atomic E-state index is 0.137. The number of halogens is 1. The molecule has 0 N–H and O–H groups in total. The molecule has 0 saturated heterocycles. The lowest BCUT2D eigenvalue weighted by Crippen LogP contribution is -2.44. The maximum Gasteiger partial charge on any atom is 0.123 e. The van der Waals surface area contributed by atoms with Gasteiger partial charge in [-0.25, -0.2) is 4.39 Å². The zero-order chi connectivity index (χ0) is 20.0. The molecule has 2 aliphatic heterocycles. The molecular weight excluding hydrogens is 359 g/mol. The number of para-hydroxylation sites is 1. The maximum absolute atomic E-state index is 13.2. The number of fused-ring (bicyclic) bond motifs is 3. The Kier molecular flexibility index (Phi) is 5.01. The van der Waals surface area contributed by atoms with Crippen LogP contribution in [0.5, 0.6) is 0 Å². The molecule has 4 atom stereocenters. The zero-order valence-corrected chi connectivity index (χ0v) is 17.8. The minimum Gasteiger partial charge on any atom is -0.371 e. The van der Waals surface area contributed by atoms with Crippen LogP contribution in [0.25, 0.3) is 0 Å². The summed E-state index contributed by atoms with van der Waals surface area (Å²) in [6, 6.07) is 14.8. The SMILES string of the molecule is CC(CCCC1CC[C@H]2[C@@H](C1)c1cccc3c1N2CCN3C)c1ccc(F)cc1. The Morgan fingerprint density at radius 1 is 1.07 bits per heavy atom. The van der Waals surface area contributed by atoms with E-state index < -0.39 is 0 Å². The average Bonchev–Trinajstić information content (AvgIpc) is 3.06. The first-order valence-corrected chi connectivity index (χ1v) is 11.5. The van der Waals surface area contributed by atoms with Crippen molar-refractivity contribution in [2.24, 2.45) is 5.92 Å². The van der Waals surface area contributed by atoms with E-state index in [1.165, 1.54) is 56.3 Å². The summed E-state index contributed by atoms with van der Waals surface area (Å²) in [5.41, 5.74) is 5.86. The molecule has 0 bridgehead atoms. The summed E-state index contributed by atoms with van der Waals surface area (Å²) in [6.07, 6.45) is 7.90. The van der Waals surface area contributed by atoms with Gasteiger partial charge in [0.05, 0.1) is 11.4 Å². The lowest BCUT2D eigenvalue weighted by atomic mass is 9.74. The number of benzene rings is 2. The Hall–Kier alpha value is -2.03. The van der Waals surface area contributed by atoms with E-state index in [4.69, 9.17) is 0 Å². The first-order chi connectivity index (χ1) is 14.1. The van der Waals surface area contributed by atoms with Gasteiger partial charge in [0.1, 0.15) is 5.82 Å². The van der Waals surface area contributed by atoms with Gasteiger partial charge in [-0.2, -0.15) is 0 Å². The van der Waals surface area contributed by atoms with Crippen LogP contribution in [-0.4, -0.2) is 26.2 Å². The molecule has 154 valence electrons. The largest absolute Gasteiger partial charge is 0.371 e. The Morgan fingerprint density at radius 3 is 2.72 bits per heavy atom. The third-order valence-electron chi connectivity index (χ3n) is 7.83. The summed E-state index contributed by atoms with van der Waals surface area (Å²) >= 11 is 0. The fourth-order valence-corrected chi connectivity index (χ4v) is 6.17. The topological polar surface area (TPSA) is 6.48 Å². The Balaban J connectivity index is 1.21. The molecule has 3 aliphatic rings. The standard InChI is InChI=1S/C26H33FN2/c1-18(20-10-12-21(27)13-11-20)5-3-6-19-9-14-24-23(17-19)22-7-4-8-25-26(22)29(24)16-15-28(25)2/h4,7-8,10-13,18-19,23-24H,3,5-6,9,14-17H2,1-2H3/t18?,19?,23-,24-/m0/s1. The van der Waals surface area contributed by atoms with E-state index in [1.807, 2.05) is 12.1 Å². The molecule has 29 heavy (non-hydrogen) atoms. The Bertz CT molecular complexity index is 862. The van der Waals surface area contributed by atoms with Crippen LogP contribution in [0.15, 0.2) is 42.5 Å². The van der Waals surface area contributed by atoms with Crippen LogP contribution in [0.4, 0.5) is 15.8 Å². The third-order valence-corrected chi connectivity index (χ3v) is 7.83. The van der Waals surface area contributed by atoms with Crippen molar-refractivity contribution in [3.8, 4) is 0 Å². The number of hydrogen-bond donors (Lipinski definition) is 0. The lowest BCUT2D eigenvalue weighted by molar-refractivity contribution is 0.272. The van der Waals surface area contributed by atoms with E-state index in [0.717, 1.165) is 24.4 Å². The average molecular weight is 393 g/mol. The normalized spacial score (nSPS) is 26.2. The highest BCUT2D eigenvalue weighted by Gasteiger charge is 2.44. The van der Waals surface area contributed by atoms with E-state index in [9.17, 15) is 4.39 Å². The summed E-state index contributed by atoms with van der Waals surface area (Å²) in [4.78, 5) is 5.17. The molecule has 2 aromatic carbocycles. The molecule has 0 radical (unpaired) electrons. The summed E-state index contributed by atoms with van der Waals surface area (Å²) in [6.45, 7) is 4.61. The number of likely N-dealkylation sites (N-methyl/N-ethyl adjacent to an activating group) is 1. The van der Waals surface area contributed by atoms with Crippen molar-refractivity contribution >= 4 is 11.4 Å². The molecule has 1 fully saturated rings. The predicted octanol–water partition coefficient (Wildman–Crippen LogP) is 6.32. The van der Waals surface area contributed by atoms with Gasteiger partial charge in [0.2, 0.25) is 0 Å². The van der Waals surface area contributed by atoms with Gasteiger partial charge < -0.3 is 9.80 Å². The third kappa shape index (κ3) is 3.43. The molecule has 2 heterocycles. The highest BCUT2D eigenvalue weighted by molar-refractivity contribution is 5.80. The first kappa shape index (κ1) is 19.0. The Morgan fingerprint density at radius 2 is 1.90 bits per heavy atom. The molecule has 0 aromatic heterocycles. The second-order valence-electron chi connectivity index (χ2n) is 9.57. The molecule has 5 rings (SSSR count). The molecule has 1 saturated carbocycles. The van der Waals surface area contributed by atoms with Gasteiger partial charge in [-0.15, -0.1) is 0 Å². The second kappa shape index (κ2) is 7.66. The van der Waals surface area contributed by atoms with Crippen LogP contribution in [0.2, 0.25) is 0 Å². The van der Waals surface area contributed by atoms with E-state index in [2.05, 4.69) is 42.0 Å². The summed E-state index contributed by atoms with van der Waals surface area (Å²) in [5, 5.41) is 0. The molecule has 0 spiro atoms. The van der Waals surface area contributed by atoms with E-state index in [-0.39, 0.29) is 5.82 Å². The van der Waals surface area contributed by atoms with Crippen LogP contribution in [0, 0.1) is 11.7 Å². The van der Waals surface area contributed by atoms with E-state index in [0.29, 0.717) is 5.92 Å². The van der Waals surface area contributed by atoms with Gasteiger partial charge in [-0.1, -0.05) is 44.0 Å². The second-order valence-corrected chi connectivity index (χ2v) is 9.57. The quantitative estimate of drug-likeness (QED) is 0.587. The van der Waals surface area contributed by atoms with Crippen molar-refractivity contribution in [2.45, 2.75) is 63.3 Å². The minimum atomic E-state index is -0.137. The van der Waals surface area contributed by atoms with Crippen molar-refractivity contribution in [3.05, 3.63) is 59.4 Å². The summed E-state index contributed by atoms with van der Waals surface area (Å²) < 4.78 is 13.2.